The van der Waals surface area contributed by atoms with Crippen LogP contribution in [0.4, 0.5) is 5.69 Å². The highest BCUT2D eigenvalue weighted by molar-refractivity contribution is 7.89. The van der Waals surface area contributed by atoms with E-state index in [0.717, 1.165) is 4.31 Å². The SMILES string of the molecule is CCN(CC(=O)OC)S(=O)(=O)CCOc1ccc(N)cc1. The molecule has 0 saturated carbocycles. The Morgan fingerprint density at radius 2 is 1.90 bits per heavy atom. The van der Waals surface area contributed by atoms with Crippen LogP contribution in [-0.4, -0.2) is 51.3 Å². The van der Waals surface area contributed by atoms with Gasteiger partial charge in [-0.1, -0.05) is 6.92 Å². The van der Waals surface area contributed by atoms with Crippen molar-refractivity contribution in [2.45, 2.75) is 6.92 Å². The number of rotatable bonds is 8. The quantitative estimate of drug-likeness (QED) is 0.553. The first-order valence-corrected chi connectivity index (χ1v) is 8.03. The Morgan fingerprint density at radius 3 is 2.43 bits per heavy atom. The normalized spacial score (nSPS) is 11.4. The third kappa shape index (κ3) is 5.60. The second kappa shape index (κ2) is 7.84. The van der Waals surface area contributed by atoms with E-state index in [1.165, 1.54) is 7.11 Å². The summed E-state index contributed by atoms with van der Waals surface area (Å²) in [4.78, 5) is 11.2. The Morgan fingerprint density at radius 1 is 1.29 bits per heavy atom. The molecule has 0 atom stereocenters. The summed E-state index contributed by atoms with van der Waals surface area (Å²) in [6.45, 7) is 1.54. The number of nitrogen functional groups attached to an aromatic ring is 1. The Hall–Kier alpha value is -1.80. The zero-order valence-corrected chi connectivity index (χ0v) is 12.9. The summed E-state index contributed by atoms with van der Waals surface area (Å²) >= 11 is 0. The fraction of sp³-hybridized carbons (Fsp3) is 0.462. The molecule has 7 nitrogen and oxygen atoms in total. The van der Waals surface area contributed by atoms with Crippen LogP contribution < -0.4 is 10.5 Å². The lowest BCUT2D eigenvalue weighted by atomic mass is 10.3. The van der Waals surface area contributed by atoms with Gasteiger partial charge in [-0.3, -0.25) is 4.79 Å². The molecule has 0 radical (unpaired) electrons. The maximum Gasteiger partial charge on any atom is 0.321 e. The highest BCUT2D eigenvalue weighted by Gasteiger charge is 2.23. The van der Waals surface area contributed by atoms with Gasteiger partial charge in [0.25, 0.3) is 0 Å². The van der Waals surface area contributed by atoms with E-state index in [1.54, 1.807) is 31.2 Å². The average molecular weight is 316 g/mol. The van der Waals surface area contributed by atoms with Crippen molar-refractivity contribution in [2.24, 2.45) is 0 Å². The van der Waals surface area contributed by atoms with Gasteiger partial charge in [0.05, 0.1) is 12.9 Å². The van der Waals surface area contributed by atoms with Gasteiger partial charge < -0.3 is 15.2 Å². The molecule has 0 aliphatic carbocycles. The molecule has 1 aromatic rings. The first-order valence-electron chi connectivity index (χ1n) is 6.42. The number of nitrogens with two attached hydrogens (primary N) is 1. The fourth-order valence-corrected chi connectivity index (χ4v) is 2.82. The van der Waals surface area contributed by atoms with Crippen LogP contribution in [0.2, 0.25) is 0 Å². The summed E-state index contributed by atoms with van der Waals surface area (Å²) in [5.74, 6) is -0.280. The van der Waals surface area contributed by atoms with Gasteiger partial charge in [-0.05, 0) is 24.3 Å². The average Bonchev–Trinajstić information content (AvgIpc) is 2.46. The van der Waals surface area contributed by atoms with Crippen LogP contribution >= 0.6 is 0 Å². The van der Waals surface area contributed by atoms with Gasteiger partial charge in [0, 0.05) is 12.2 Å². The number of methoxy groups -OCH3 is 1. The lowest BCUT2D eigenvalue weighted by molar-refractivity contribution is -0.140. The summed E-state index contributed by atoms with van der Waals surface area (Å²) < 4.78 is 35.0. The van der Waals surface area contributed by atoms with Gasteiger partial charge in [-0.25, -0.2) is 8.42 Å². The molecule has 21 heavy (non-hydrogen) atoms. The lowest BCUT2D eigenvalue weighted by Gasteiger charge is -2.19. The van der Waals surface area contributed by atoms with Crippen molar-refractivity contribution in [1.82, 2.24) is 4.31 Å². The molecule has 0 amide bonds. The van der Waals surface area contributed by atoms with Crippen molar-refractivity contribution >= 4 is 21.7 Å². The number of likely N-dealkylation sites (N-methyl/N-ethyl adjacent to an activating group) is 1. The summed E-state index contributed by atoms with van der Waals surface area (Å²) in [6.07, 6.45) is 0. The van der Waals surface area contributed by atoms with E-state index in [-0.39, 0.29) is 25.4 Å². The molecule has 0 heterocycles. The molecular weight excluding hydrogens is 296 g/mol. The van der Waals surface area contributed by atoms with Crippen LogP contribution in [-0.2, 0) is 19.6 Å². The molecule has 0 bridgehead atoms. The molecular formula is C13H20N2O5S. The van der Waals surface area contributed by atoms with E-state index in [0.29, 0.717) is 11.4 Å². The number of nitrogens with zero attached hydrogens (tertiary/aromatic N) is 1. The number of ether oxygens (including phenoxy) is 2. The zero-order chi connectivity index (χ0) is 15.9. The van der Waals surface area contributed by atoms with Crippen molar-refractivity contribution in [1.29, 1.82) is 0 Å². The predicted octanol–water partition coefficient (Wildman–Crippen LogP) is 0.472. The molecule has 0 aliphatic rings. The molecule has 0 aromatic heterocycles. The molecule has 0 saturated heterocycles. The Labute approximate surface area is 124 Å². The van der Waals surface area contributed by atoms with Gasteiger partial charge in [0.2, 0.25) is 10.0 Å². The first-order chi connectivity index (χ1) is 9.89. The molecule has 0 unspecified atom stereocenters. The minimum absolute atomic E-state index is 0.01000. The molecule has 0 spiro atoms. The summed E-state index contributed by atoms with van der Waals surface area (Å²) in [7, 11) is -2.36. The van der Waals surface area contributed by atoms with Crippen molar-refractivity contribution in [3.63, 3.8) is 0 Å². The number of anilines is 1. The van der Waals surface area contributed by atoms with Crippen LogP contribution in [0.15, 0.2) is 24.3 Å². The lowest BCUT2D eigenvalue weighted by Crippen LogP contribution is -2.38. The van der Waals surface area contributed by atoms with E-state index in [1.807, 2.05) is 0 Å². The summed E-state index contributed by atoms with van der Waals surface area (Å²) in [5.41, 5.74) is 6.14. The number of hydrogen-bond acceptors (Lipinski definition) is 6. The molecule has 0 aliphatic heterocycles. The van der Waals surface area contributed by atoms with E-state index < -0.39 is 16.0 Å². The minimum atomic E-state index is -3.57. The van der Waals surface area contributed by atoms with E-state index in [4.69, 9.17) is 10.5 Å². The van der Waals surface area contributed by atoms with Crippen molar-refractivity contribution in [2.75, 3.05) is 38.3 Å². The van der Waals surface area contributed by atoms with Gasteiger partial charge in [0.1, 0.15) is 18.9 Å². The summed E-state index contributed by atoms with van der Waals surface area (Å²) in [5, 5.41) is 0. The molecule has 8 heteroatoms. The topological polar surface area (TPSA) is 98.9 Å². The maximum absolute atomic E-state index is 12.1. The second-order valence-corrected chi connectivity index (χ2v) is 6.32. The number of carbonyl (C=O) groups is 1. The van der Waals surface area contributed by atoms with E-state index in [2.05, 4.69) is 4.74 Å². The molecule has 2 N–H and O–H groups in total. The van der Waals surface area contributed by atoms with Crippen molar-refractivity contribution < 1.29 is 22.7 Å². The Bertz CT molecular complexity index is 556. The molecule has 118 valence electrons. The minimum Gasteiger partial charge on any atom is -0.492 e. The van der Waals surface area contributed by atoms with E-state index in [9.17, 15) is 13.2 Å². The second-order valence-electron chi connectivity index (χ2n) is 4.24. The fourth-order valence-electron chi connectivity index (χ4n) is 1.57. The van der Waals surface area contributed by atoms with Gasteiger partial charge in [-0.15, -0.1) is 0 Å². The number of sulfonamides is 1. The van der Waals surface area contributed by atoms with Crippen LogP contribution in [0, 0.1) is 0 Å². The predicted molar refractivity (Wildman–Crippen MR) is 79.4 cm³/mol. The highest BCUT2D eigenvalue weighted by atomic mass is 32.2. The largest absolute Gasteiger partial charge is 0.492 e. The molecule has 0 fully saturated rings. The van der Waals surface area contributed by atoms with Gasteiger partial charge >= 0.3 is 5.97 Å². The van der Waals surface area contributed by atoms with Crippen LogP contribution in [0.25, 0.3) is 0 Å². The number of hydrogen-bond donors (Lipinski definition) is 1. The maximum atomic E-state index is 12.1. The third-order valence-electron chi connectivity index (χ3n) is 2.77. The van der Waals surface area contributed by atoms with Crippen molar-refractivity contribution in [3.05, 3.63) is 24.3 Å². The van der Waals surface area contributed by atoms with E-state index >= 15 is 0 Å². The highest BCUT2D eigenvalue weighted by Crippen LogP contribution is 2.13. The van der Waals surface area contributed by atoms with Gasteiger partial charge in [-0.2, -0.15) is 4.31 Å². The van der Waals surface area contributed by atoms with Crippen LogP contribution in [0.1, 0.15) is 6.92 Å². The van der Waals surface area contributed by atoms with Crippen LogP contribution in [0.3, 0.4) is 0 Å². The third-order valence-corrected chi connectivity index (χ3v) is 4.63. The van der Waals surface area contributed by atoms with Crippen LogP contribution in [0.5, 0.6) is 5.75 Å². The summed E-state index contributed by atoms with van der Waals surface area (Å²) in [6, 6.07) is 6.65. The standard InChI is InChI=1S/C13H20N2O5S/c1-3-15(10-13(16)19-2)21(17,18)9-8-20-12-6-4-11(14)5-7-12/h4-7H,3,8-10,14H2,1-2H3. The number of carbonyl (C=O) groups excluding carboxylic acids is 1. The Kier molecular flexibility index (Phi) is 6.44. The monoisotopic (exact) mass is 316 g/mol. The molecule has 1 rings (SSSR count). The zero-order valence-electron chi connectivity index (χ0n) is 12.1. The van der Waals surface area contributed by atoms with Gasteiger partial charge in [0.15, 0.2) is 0 Å². The smallest absolute Gasteiger partial charge is 0.321 e. The molecule has 1 aromatic carbocycles. The number of benzene rings is 1. The first kappa shape index (κ1) is 17.3. The van der Waals surface area contributed by atoms with Crippen molar-refractivity contribution in [3.8, 4) is 5.75 Å². The Balaban J connectivity index is 2.54. The number of esters is 1.